The van der Waals surface area contributed by atoms with Crippen molar-refractivity contribution in [3.63, 3.8) is 0 Å². The molecule has 2 N–H and O–H groups in total. The molecule has 0 heterocycles. The topological polar surface area (TPSA) is 108 Å². The maximum Gasteiger partial charge on any atom is 0.325 e. The molecular formula is C18H21N3O4. The molecule has 1 aromatic rings. The van der Waals surface area contributed by atoms with Crippen LogP contribution in [-0.2, 0) is 19.1 Å². The Labute approximate surface area is 146 Å². The van der Waals surface area contributed by atoms with Gasteiger partial charge in [0.05, 0.1) is 11.6 Å². The highest BCUT2D eigenvalue weighted by atomic mass is 16.5. The second kappa shape index (κ2) is 9.42. The minimum absolute atomic E-state index is 0.0303. The number of rotatable bonds is 6. The standard InChI is InChI=1S/C18H21N3O4/c19-10-13-5-4-8-15(9-13)21-16(22)12-25-17(23)11-20-18(24)14-6-2-1-3-7-14/h4-5,8-9,14H,1-3,6-7,11-12H2,(H,20,24)(H,21,22). The van der Waals surface area contributed by atoms with Crippen molar-refractivity contribution in [3.8, 4) is 6.07 Å². The van der Waals surface area contributed by atoms with E-state index in [9.17, 15) is 14.4 Å². The zero-order valence-corrected chi connectivity index (χ0v) is 13.9. The SMILES string of the molecule is N#Cc1cccc(NC(=O)COC(=O)CNC(=O)C2CCCCC2)c1. The van der Waals surface area contributed by atoms with Crippen LogP contribution in [0.25, 0.3) is 0 Å². The van der Waals surface area contributed by atoms with Gasteiger partial charge in [0.1, 0.15) is 6.54 Å². The quantitative estimate of drug-likeness (QED) is 0.765. The summed E-state index contributed by atoms with van der Waals surface area (Å²) in [5.41, 5.74) is 0.867. The Morgan fingerprint density at radius 2 is 1.96 bits per heavy atom. The summed E-state index contributed by atoms with van der Waals surface area (Å²) >= 11 is 0. The maximum atomic E-state index is 11.9. The molecule has 2 rings (SSSR count). The van der Waals surface area contributed by atoms with Crippen LogP contribution in [0.4, 0.5) is 5.69 Å². The molecule has 25 heavy (non-hydrogen) atoms. The van der Waals surface area contributed by atoms with Gasteiger partial charge in [-0.2, -0.15) is 5.26 Å². The third-order valence-electron chi connectivity index (χ3n) is 4.02. The number of esters is 1. The predicted molar refractivity (Wildman–Crippen MR) is 90.3 cm³/mol. The van der Waals surface area contributed by atoms with Crippen LogP contribution in [0, 0.1) is 17.2 Å². The van der Waals surface area contributed by atoms with Gasteiger partial charge in [0.25, 0.3) is 5.91 Å². The first kappa shape index (κ1) is 18.5. The van der Waals surface area contributed by atoms with Gasteiger partial charge in [-0.25, -0.2) is 0 Å². The largest absolute Gasteiger partial charge is 0.454 e. The molecule has 0 bridgehead atoms. The van der Waals surface area contributed by atoms with E-state index < -0.39 is 18.5 Å². The normalized spacial score (nSPS) is 14.2. The number of carbonyl (C=O) groups is 3. The zero-order valence-electron chi connectivity index (χ0n) is 13.9. The molecular weight excluding hydrogens is 322 g/mol. The highest BCUT2D eigenvalue weighted by molar-refractivity contribution is 5.93. The fraction of sp³-hybridized carbons (Fsp3) is 0.444. The Kier molecular flexibility index (Phi) is 6.96. The van der Waals surface area contributed by atoms with E-state index in [-0.39, 0.29) is 18.4 Å². The van der Waals surface area contributed by atoms with Gasteiger partial charge < -0.3 is 15.4 Å². The van der Waals surface area contributed by atoms with Crippen molar-refractivity contribution in [2.45, 2.75) is 32.1 Å². The third-order valence-corrected chi connectivity index (χ3v) is 4.02. The molecule has 0 saturated heterocycles. The number of hydrogen-bond acceptors (Lipinski definition) is 5. The summed E-state index contributed by atoms with van der Waals surface area (Å²) in [6.45, 7) is -0.693. The van der Waals surface area contributed by atoms with E-state index >= 15 is 0 Å². The number of hydrogen-bond donors (Lipinski definition) is 2. The van der Waals surface area contributed by atoms with Crippen LogP contribution in [0.3, 0.4) is 0 Å². The lowest BCUT2D eigenvalue weighted by Gasteiger charge is -2.20. The van der Waals surface area contributed by atoms with Gasteiger partial charge in [-0.05, 0) is 31.0 Å². The smallest absolute Gasteiger partial charge is 0.325 e. The highest BCUT2D eigenvalue weighted by Gasteiger charge is 2.21. The van der Waals surface area contributed by atoms with Crippen molar-refractivity contribution in [3.05, 3.63) is 29.8 Å². The monoisotopic (exact) mass is 343 g/mol. The maximum absolute atomic E-state index is 11.9. The Balaban J connectivity index is 1.67. The van der Waals surface area contributed by atoms with E-state index in [0.717, 1.165) is 32.1 Å². The fourth-order valence-corrected chi connectivity index (χ4v) is 2.73. The van der Waals surface area contributed by atoms with Crippen LogP contribution < -0.4 is 10.6 Å². The van der Waals surface area contributed by atoms with Crippen molar-refractivity contribution >= 4 is 23.5 Å². The van der Waals surface area contributed by atoms with Gasteiger partial charge in [0.2, 0.25) is 5.91 Å². The number of amides is 2. The molecule has 132 valence electrons. The Hall–Kier alpha value is -2.88. The lowest BCUT2D eigenvalue weighted by atomic mass is 9.89. The summed E-state index contributed by atoms with van der Waals surface area (Å²) in [7, 11) is 0. The number of ether oxygens (including phenoxy) is 1. The molecule has 0 spiro atoms. The minimum Gasteiger partial charge on any atom is -0.454 e. The molecule has 2 amide bonds. The van der Waals surface area contributed by atoms with Gasteiger partial charge in [-0.15, -0.1) is 0 Å². The van der Waals surface area contributed by atoms with Crippen LogP contribution in [0.15, 0.2) is 24.3 Å². The number of carbonyl (C=O) groups excluding carboxylic acids is 3. The Morgan fingerprint density at radius 1 is 1.20 bits per heavy atom. The lowest BCUT2D eigenvalue weighted by Crippen LogP contribution is -2.36. The first-order valence-electron chi connectivity index (χ1n) is 8.32. The van der Waals surface area contributed by atoms with Crippen LogP contribution in [0.1, 0.15) is 37.7 Å². The van der Waals surface area contributed by atoms with Gasteiger partial charge in [0.15, 0.2) is 6.61 Å². The number of nitriles is 1. The number of nitrogens with zero attached hydrogens (tertiary/aromatic N) is 1. The molecule has 7 nitrogen and oxygen atoms in total. The van der Waals surface area contributed by atoms with Crippen LogP contribution in [0.2, 0.25) is 0 Å². The van der Waals surface area contributed by atoms with Crippen molar-refractivity contribution < 1.29 is 19.1 Å². The van der Waals surface area contributed by atoms with Gasteiger partial charge in [-0.3, -0.25) is 14.4 Å². The van der Waals surface area contributed by atoms with E-state index in [1.54, 1.807) is 18.2 Å². The minimum atomic E-state index is -0.662. The fourth-order valence-electron chi connectivity index (χ4n) is 2.73. The van der Waals surface area contributed by atoms with Crippen LogP contribution >= 0.6 is 0 Å². The van der Waals surface area contributed by atoms with Crippen molar-refractivity contribution in [1.82, 2.24) is 5.32 Å². The van der Waals surface area contributed by atoms with Crippen molar-refractivity contribution in [1.29, 1.82) is 5.26 Å². The van der Waals surface area contributed by atoms with E-state index in [0.29, 0.717) is 11.3 Å². The van der Waals surface area contributed by atoms with Crippen molar-refractivity contribution in [2.75, 3.05) is 18.5 Å². The Morgan fingerprint density at radius 3 is 2.68 bits per heavy atom. The molecule has 7 heteroatoms. The van der Waals surface area contributed by atoms with Crippen LogP contribution in [0.5, 0.6) is 0 Å². The molecule has 0 aliphatic heterocycles. The number of anilines is 1. The van der Waals surface area contributed by atoms with Gasteiger partial charge >= 0.3 is 5.97 Å². The predicted octanol–water partition coefficient (Wildman–Crippen LogP) is 1.74. The average molecular weight is 343 g/mol. The molecule has 0 aromatic heterocycles. The molecule has 1 aliphatic rings. The van der Waals surface area contributed by atoms with E-state index in [1.807, 2.05) is 6.07 Å². The van der Waals surface area contributed by atoms with Crippen molar-refractivity contribution in [2.24, 2.45) is 5.92 Å². The lowest BCUT2D eigenvalue weighted by molar-refractivity contribution is -0.147. The van der Waals surface area contributed by atoms with Crippen LogP contribution in [-0.4, -0.2) is 30.9 Å². The summed E-state index contributed by atoms with van der Waals surface area (Å²) in [5.74, 6) is -1.33. The summed E-state index contributed by atoms with van der Waals surface area (Å²) in [4.78, 5) is 35.3. The molecule has 1 aromatic carbocycles. The van der Waals surface area contributed by atoms with Gasteiger partial charge in [-0.1, -0.05) is 25.3 Å². The summed E-state index contributed by atoms with van der Waals surface area (Å²) in [6.07, 6.45) is 4.93. The molecule has 1 fully saturated rings. The molecule has 1 saturated carbocycles. The third kappa shape index (κ3) is 6.26. The second-order valence-corrected chi connectivity index (χ2v) is 5.95. The molecule has 0 radical (unpaired) electrons. The molecule has 0 unspecified atom stereocenters. The first-order chi connectivity index (χ1) is 12.1. The number of nitrogens with one attached hydrogen (secondary N) is 2. The molecule has 1 aliphatic carbocycles. The second-order valence-electron chi connectivity index (χ2n) is 5.95. The number of benzene rings is 1. The molecule has 0 atom stereocenters. The summed E-state index contributed by atoms with van der Waals surface area (Å²) < 4.78 is 4.84. The average Bonchev–Trinajstić information content (AvgIpc) is 2.65. The van der Waals surface area contributed by atoms with E-state index in [2.05, 4.69) is 10.6 Å². The van der Waals surface area contributed by atoms with E-state index in [1.165, 1.54) is 6.07 Å². The highest BCUT2D eigenvalue weighted by Crippen LogP contribution is 2.23. The Bertz CT molecular complexity index is 675. The summed E-state index contributed by atoms with van der Waals surface area (Å²) in [6, 6.07) is 8.37. The van der Waals surface area contributed by atoms with Gasteiger partial charge in [0, 0.05) is 11.6 Å². The zero-order chi connectivity index (χ0) is 18.1. The van der Waals surface area contributed by atoms with E-state index in [4.69, 9.17) is 10.00 Å². The summed E-state index contributed by atoms with van der Waals surface area (Å²) in [5, 5.41) is 13.9. The first-order valence-corrected chi connectivity index (χ1v) is 8.32.